The highest BCUT2D eigenvalue weighted by atomic mass is 16.6. The molecule has 0 bridgehead atoms. The lowest BCUT2D eigenvalue weighted by atomic mass is 10.0. The van der Waals surface area contributed by atoms with Gasteiger partial charge in [-0.2, -0.15) is 0 Å². The van der Waals surface area contributed by atoms with Gasteiger partial charge in [0.1, 0.15) is 17.3 Å². The highest BCUT2D eigenvalue weighted by molar-refractivity contribution is 5.63. The Morgan fingerprint density at radius 3 is 3.05 bits per heavy atom. The maximum atomic E-state index is 11.2. The van der Waals surface area contributed by atoms with Crippen molar-refractivity contribution in [3.63, 3.8) is 0 Å². The number of nitro groups is 1. The molecule has 0 saturated carbocycles. The van der Waals surface area contributed by atoms with E-state index in [-0.39, 0.29) is 16.7 Å². The molecule has 0 aliphatic carbocycles. The van der Waals surface area contributed by atoms with Crippen LogP contribution in [-0.4, -0.2) is 21.4 Å². The highest BCUT2D eigenvalue weighted by Gasteiger charge is 2.23. The van der Waals surface area contributed by atoms with E-state index in [2.05, 4.69) is 20.6 Å². The number of nitro benzene ring substituents is 1. The van der Waals surface area contributed by atoms with E-state index in [1.807, 2.05) is 6.92 Å². The second-order valence-electron chi connectivity index (χ2n) is 5.26. The monoisotopic (exact) mass is 299 g/mol. The van der Waals surface area contributed by atoms with Gasteiger partial charge in [0.25, 0.3) is 5.69 Å². The van der Waals surface area contributed by atoms with Gasteiger partial charge >= 0.3 is 0 Å². The summed E-state index contributed by atoms with van der Waals surface area (Å²) in [4.78, 5) is 19.5. The van der Waals surface area contributed by atoms with E-state index in [0.29, 0.717) is 11.5 Å². The molecular formula is C15H17N5O2. The maximum absolute atomic E-state index is 11.2. The number of aryl methyl sites for hydroxylation is 1. The summed E-state index contributed by atoms with van der Waals surface area (Å²) < 4.78 is 0. The minimum atomic E-state index is -0.371. The Kier molecular flexibility index (Phi) is 3.86. The molecule has 1 unspecified atom stereocenters. The molecule has 2 heterocycles. The molecule has 0 amide bonds. The Morgan fingerprint density at radius 1 is 1.41 bits per heavy atom. The summed E-state index contributed by atoms with van der Waals surface area (Å²) >= 11 is 0. The predicted molar refractivity (Wildman–Crippen MR) is 84.0 cm³/mol. The van der Waals surface area contributed by atoms with Crippen molar-refractivity contribution in [3.8, 4) is 0 Å². The van der Waals surface area contributed by atoms with E-state index in [9.17, 15) is 10.1 Å². The van der Waals surface area contributed by atoms with Gasteiger partial charge in [0.15, 0.2) is 0 Å². The zero-order valence-electron chi connectivity index (χ0n) is 12.2. The Bertz CT molecular complexity index is 704. The van der Waals surface area contributed by atoms with Crippen LogP contribution in [0, 0.1) is 17.0 Å². The third kappa shape index (κ3) is 2.83. The highest BCUT2D eigenvalue weighted by Crippen LogP contribution is 2.33. The summed E-state index contributed by atoms with van der Waals surface area (Å²) in [7, 11) is 0. The summed E-state index contributed by atoms with van der Waals surface area (Å²) in [6.45, 7) is 2.68. The number of hydrogen-bond acceptors (Lipinski definition) is 6. The average Bonchev–Trinajstić information content (AvgIpc) is 2.69. The molecular weight excluding hydrogens is 282 g/mol. The fourth-order valence-electron chi connectivity index (χ4n) is 2.64. The zero-order valence-corrected chi connectivity index (χ0v) is 12.2. The van der Waals surface area contributed by atoms with Crippen molar-refractivity contribution in [2.24, 2.45) is 0 Å². The molecule has 0 spiro atoms. The minimum Gasteiger partial charge on any atom is -0.372 e. The Morgan fingerprint density at radius 2 is 2.23 bits per heavy atom. The van der Waals surface area contributed by atoms with Crippen LogP contribution in [0.15, 0.2) is 30.5 Å². The summed E-state index contributed by atoms with van der Waals surface area (Å²) in [5.74, 6) is 1.51. The molecule has 1 aromatic carbocycles. The molecule has 0 fully saturated rings. The molecule has 2 aromatic rings. The van der Waals surface area contributed by atoms with Gasteiger partial charge in [-0.05, 0) is 25.8 Å². The Balaban J connectivity index is 1.95. The standard InChI is InChI=1S/C15H17N5O2/c1-10-17-9-11-12(6-4-8-16-15(11)18-10)19-13-5-2-3-7-14(13)20(21)22/h2-3,5,7,9,12,19H,4,6,8H2,1H3,(H,16,17,18). The second-order valence-corrected chi connectivity index (χ2v) is 5.26. The second kappa shape index (κ2) is 5.97. The average molecular weight is 299 g/mol. The largest absolute Gasteiger partial charge is 0.372 e. The molecule has 7 heteroatoms. The topological polar surface area (TPSA) is 93.0 Å². The lowest BCUT2D eigenvalue weighted by molar-refractivity contribution is -0.384. The van der Waals surface area contributed by atoms with E-state index in [0.717, 1.165) is 30.8 Å². The quantitative estimate of drug-likeness (QED) is 0.668. The van der Waals surface area contributed by atoms with E-state index in [1.54, 1.807) is 24.4 Å². The van der Waals surface area contributed by atoms with Crippen LogP contribution in [0.3, 0.4) is 0 Å². The molecule has 1 atom stereocenters. The molecule has 3 rings (SSSR count). The van der Waals surface area contributed by atoms with Gasteiger partial charge in [0.05, 0.1) is 11.0 Å². The minimum absolute atomic E-state index is 0.0494. The van der Waals surface area contributed by atoms with Gasteiger partial charge in [0.2, 0.25) is 0 Å². The summed E-state index contributed by atoms with van der Waals surface area (Å²) in [6.07, 6.45) is 3.61. The van der Waals surface area contributed by atoms with Gasteiger partial charge in [-0.3, -0.25) is 10.1 Å². The maximum Gasteiger partial charge on any atom is 0.292 e. The third-order valence-corrected chi connectivity index (χ3v) is 3.71. The first-order chi connectivity index (χ1) is 10.6. The molecule has 0 saturated heterocycles. The normalized spacial score (nSPS) is 17.0. The lowest BCUT2D eigenvalue weighted by Gasteiger charge is -2.19. The zero-order chi connectivity index (χ0) is 15.5. The van der Waals surface area contributed by atoms with Crippen molar-refractivity contribution in [1.29, 1.82) is 0 Å². The van der Waals surface area contributed by atoms with Crippen LogP contribution in [0.2, 0.25) is 0 Å². The van der Waals surface area contributed by atoms with Crippen LogP contribution in [0.5, 0.6) is 0 Å². The van der Waals surface area contributed by atoms with Crippen LogP contribution in [0.25, 0.3) is 0 Å². The van der Waals surface area contributed by atoms with Crippen molar-refractivity contribution in [1.82, 2.24) is 9.97 Å². The summed E-state index contributed by atoms with van der Waals surface area (Å²) in [5.41, 5.74) is 1.54. The first-order valence-electron chi connectivity index (χ1n) is 7.22. The first kappa shape index (κ1) is 14.2. The fourth-order valence-corrected chi connectivity index (χ4v) is 2.64. The third-order valence-electron chi connectivity index (χ3n) is 3.71. The SMILES string of the molecule is Cc1ncc2c(n1)NCCCC2Nc1ccccc1[N+](=O)[O-]. The van der Waals surface area contributed by atoms with Crippen molar-refractivity contribution in [2.45, 2.75) is 25.8 Å². The smallest absolute Gasteiger partial charge is 0.292 e. The molecule has 22 heavy (non-hydrogen) atoms. The first-order valence-corrected chi connectivity index (χ1v) is 7.22. The van der Waals surface area contributed by atoms with Crippen LogP contribution >= 0.6 is 0 Å². The van der Waals surface area contributed by atoms with Crippen LogP contribution in [0.4, 0.5) is 17.2 Å². The van der Waals surface area contributed by atoms with E-state index >= 15 is 0 Å². The predicted octanol–water partition coefficient (Wildman–Crippen LogP) is 3.05. The summed E-state index contributed by atoms with van der Waals surface area (Å²) in [5, 5.41) is 17.7. The van der Waals surface area contributed by atoms with Crippen LogP contribution < -0.4 is 10.6 Å². The number of anilines is 2. The van der Waals surface area contributed by atoms with Gasteiger partial charge in [0, 0.05) is 24.4 Å². The number of benzene rings is 1. The summed E-state index contributed by atoms with van der Waals surface area (Å²) in [6, 6.07) is 6.64. The molecule has 2 N–H and O–H groups in total. The lowest BCUT2D eigenvalue weighted by Crippen LogP contribution is -2.13. The van der Waals surface area contributed by atoms with Crippen molar-refractivity contribution >= 4 is 17.2 Å². The number of nitrogens with one attached hydrogen (secondary N) is 2. The van der Waals surface area contributed by atoms with Crippen molar-refractivity contribution in [2.75, 3.05) is 17.2 Å². The van der Waals surface area contributed by atoms with E-state index < -0.39 is 0 Å². The fraction of sp³-hybridized carbons (Fsp3) is 0.333. The number of aromatic nitrogens is 2. The van der Waals surface area contributed by atoms with Gasteiger partial charge in [-0.1, -0.05) is 12.1 Å². The molecule has 7 nitrogen and oxygen atoms in total. The number of para-hydroxylation sites is 2. The van der Waals surface area contributed by atoms with E-state index in [1.165, 1.54) is 6.07 Å². The van der Waals surface area contributed by atoms with Crippen molar-refractivity contribution in [3.05, 3.63) is 52.0 Å². The molecule has 0 radical (unpaired) electrons. The number of nitrogens with zero attached hydrogens (tertiary/aromatic N) is 3. The number of fused-ring (bicyclic) bond motifs is 1. The Labute approximate surface area is 127 Å². The van der Waals surface area contributed by atoms with Gasteiger partial charge in [-0.25, -0.2) is 9.97 Å². The number of hydrogen-bond donors (Lipinski definition) is 2. The molecule has 1 aliphatic heterocycles. The van der Waals surface area contributed by atoms with E-state index in [4.69, 9.17) is 0 Å². The van der Waals surface area contributed by atoms with Crippen LogP contribution in [-0.2, 0) is 0 Å². The van der Waals surface area contributed by atoms with Crippen LogP contribution in [0.1, 0.15) is 30.3 Å². The van der Waals surface area contributed by atoms with Gasteiger partial charge < -0.3 is 10.6 Å². The molecule has 1 aliphatic rings. The molecule has 1 aromatic heterocycles. The van der Waals surface area contributed by atoms with Gasteiger partial charge in [-0.15, -0.1) is 0 Å². The number of rotatable bonds is 3. The molecule has 114 valence electrons. The van der Waals surface area contributed by atoms with Crippen molar-refractivity contribution < 1.29 is 4.92 Å². The Hall–Kier alpha value is -2.70.